The normalized spacial score (nSPS) is 18.1. The number of carbonyl (C=O) groups is 1. The lowest BCUT2D eigenvalue weighted by atomic mass is 10.00. The van der Waals surface area contributed by atoms with Crippen molar-refractivity contribution in [1.29, 1.82) is 0 Å². The fourth-order valence-corrected chi connectivity index (χ4v) is 2.17. The van der Waals surface area contributed by atoms with E-state index >= 15 is 0 Å². The summed E-state index contributed by atoms with van der Waals surface area (Å²) in [6.45, 7) is 0. The number of fused-ring (bicyclic) bond motifs is 1. The molecule has 1 atom stereocenters. The zero-order valence-electron chi connectivity index (χ0n) is 10.3. The molecule has 0 radical (unpaired) electrons. The van der Waals surface area contributed by atoms with Gasteiger partial charge in [0.2, 0.25) is 0 Å². The van der Waals surface area contributed by atoms with E-state index in [1.807, 2.05) is 0 Å². The fraction of sp³-hybridized carbons (Fsp3) is 0.462. The van der Waals surface area contributed by atoms with E-state index in [0.29, 0.717) is 16.9 Å². The molecule has 0 saturated carbocycles. The van der Waals surface area contributed by atoms with Crippen LogP contribution in [0.15, 0.2) is 18.2 Å². The van der Waals surface area contributed by atoms with E-state index < -0.39 is 24.7 Å². The summed E-state index contributed by atoms with van der Waals surface area (Å²) in [5.74, 6) is -0.0359. The molecule has 0 unspecified atom stereocenters. The summed E-state index contributed by atoms with van der Waals surface area (Å²) in [4.78, 5) is 11.6. The monoisotopic (exact) mass is 274 g/mol. The highest BCUT2D eigenvalue weighted by Crippen LogP contribution is 2.40. The molecule has 0 fully saturated rings. The van der Waals surface area contributed by atoms with Crippen LogP contribution in [-0.2, 0) is 4.74 Å². The summed E-state index contributed by atoms with van der Waals surface area (Å²) >= 11 is 0. The molecule has 3 nitrogen and oxygen atoms in total. The zero-order chi connectivity index (χ0) is 14.0. The highest BCUT2D eigenvalue weighted by atomic mass is 19.4. The summed E-state index contributed by atoms with van der Waals surface area (Å²) in [6.07, 6.45) is -5.67. The number of rotatable bonds is 4. The SMILES string of the molecule is COc1cccc2c1[C@H](CCCC(F)(F)F)OC2=O. The third kappa shape index (κ3) is 3.00. The Hall–Kier alpha value is -1.72. The van der Waals surface area contributed by atoms with Crippen LogP contribution in [0.5, 0.6) is 5.75 Å². The van der Waals surface area contributed by atoms with Crippen molar-refractivity contribution in [3.05, 3.63) is 29.3 Å². The van der Waals surface area contributed by atoms with Crippen LogP contribution in [0.3, 0.4) is 0 Å². The second-order valence-electron chi connectivity index (χ2n) is 4.32. The van der Waals surface area contributed by atoms with Crippen molar-refractivity contribution in [2.24, 2.45) is 0 Å². The molecule has 1 aliphatic rings. The van der Waals surface area contributed by atoms with Crippen molar-refractivity contribution in [2.75, 3.05) is 7.11 Å². The first-order valence-electron chi connectivity index (χ1n) is 5.87. The molecule has 0 amide bonds. The van der Waals surface area contributed by atoms with Gasteiger partial charge in [-0.05, 0) is 25.0 Å². The number of alkyl halides is 3. The van der Waals surface area contributed by atoms with E-state index in [0.717, 1.165) is 0 Å². The minimum Gasteiger partial charge on any atom is -0.496 e. The predicted molar refractivity (Wildman–Crippen MR) is 61.1 cm³/mol. The summed E-state index contributed by atoms with van der Waals surface area (Å²) < 4.78 is 46.6. The van der Waals surface area contributed by atoms with Crippen LogP contribution >= 0.6 is 0 Å². The van der Waals surface area contributed by atoms with Crippen LogP contribution in [0.2, 0.25) is 0 Å². The number of esters is 1. The number of carbonyl (C=O) groups excluding carboxylic acids is 1. The topological polar surface area (TPSA) is 35.5 Å². The number of hydrogen-bond acceptors (Lipinski definition) is 3. The molecule has 19 heavy (non-hydrogen) atoms. The first-order valence-corrected chi connectivity index (χ1v) is 5.87. The Balaban J connectivity index is 2.12. The largest absolute Gasteiger partial charge is 0.496 e. The Kier molecular flexibility index (Phi) is 3.68. The molecule has 1 aromatic carbocycles. The molecule has 104 valence electrons. The average molecular weight is 274 g/mol. The molecule has 2 rings (SSSR count). The molecule has 0 spiro atoms. The maximum atomic E-state index is 12.1. The van der Waals surface area contributed by atoms with Crippen LogP contribution in [0.25, 0.3) is 0 Å². The highest BCUT2D eigenvalue weighted by Gasteiger charge is 2.35. The van der Waals surface area contributed by atoms with Gasteiger partial charge in [-0.3, -0.25) is 0 Å². The second kappa shape index (κ2) is 5.11. The van der Waals surface area contributed by atoms with E-state index in [9.17, 15) is 18.0 Å². The van der Waals surface area contributed by atoms with Gasteiger partial charge in [-0.2, -0.15) is 13.2 Å². The standard InChI is InChI=1S/C13H13F3O3/c1-18-9-5-2-4-8-11(9)10(19-12(8)17)6-3-7-13(14,15)16/h2,4-5,10H,3,6-7H2,1H3/t10-/m0/s1. The van der Waals surface area contributed by atoms with Crippen molar-refractivity contribution in [3.63, 3.8) is 0 Å². The molecule has 0 saturated heterocycles. The van der Waals surface area contributed by atoms with Gasteiger partial charge >= 0.3 is 12.1 Å². The lowest BCUT2D eigenvalue weighted by molar-refractivity contribution is -0.136. The van der Waals surface area contributed by atoms with Gasteiger partial charge in [0, 0.05) is 12.0 Å². The van der Waals surface area contributed by atoms with Gasteiger partial charge in [0.1, 0.15) is 11.9 Å². The zero-order valence-corrected chi connectivity index (χ0v) is 10.3. The smallest absolute Gasteiger partial charge is 0.389 e. The van der Waals surface area contributed by atoms with Gasteiger partial charge in [-0.15, -0.1) is 0 Å². The van der Waals surface area contributed by atoms with Crippen molar-refractivity contribution in [1.82, 2.24) is 0 Å². The maximum absolute atomic E-state index is 12.1. The van der Waals surface area contributed by atoms with E-state index in [1.165, 1.54) is 7.11 Å². The third-order valence-electron chi connectivity index (χ3n) is 3.00. The molecular weight excluding hydrogens is 261 g/mol. The molecule has 0 N–H and O–H groups in total. The number of ether oxygens (including phenoxy) is 2. The number of halogens is 3. The molecule has 0 bridgehead atoms. The molecule has 0 aliphatic carbocycles. The van der Waals surface area contributed by atoms with Crippen LogP contribution in [0.1, 0.15) is 41.3 Å². The van der Waals surface area contributed by atoms with Crippen LogP contribution in [0, 0.1) is 0 Å². The molecule has 1 aliphatic heterocycles. The van der Waals surface area contributed by atoms with Crippen LogP contribution < -0.4 is 4.74 Å². The van der Waals surface area contributed by atoms with Crippen molar-refractivity contribution >= 4 is 5.97 Å². The van der Waals surface area contributed by atoms with Gasteiger partial charge in [0.05, 0.1) is 12.7 Å². The van der Waals surface area contributed by atoms with Gasteiger partial charge in [0.25, 0.3) is 0 Å². The first-order chi connectivity index (χ1) is 8.92. The summed E-state index contributed by atoms with van der Waals surface area (Å²) in [5.41, 5.74) is 0.925. The van der Waals surface area contributed by atoms with Gasteiger partial charge in [-0.1, -0.05) is 6.07 Å². The number of cyclic esters (lactones) is 1. The van der Waals surface area contributed by atoms with Crippen LogP contribution in [0.4, 0.5) is 13.2 Å². The Bertz CT molecular complexity index is 483. The van der Waals surface area contributed by atoms with Gasteiger partial charge in [-0.25, -0.2) is 4.79 Å². The summed E-state index contributed by atoms with van der Waals surface area (Å²) in [5, 5.41) is 0. The maximum Gasteiger partial charge on any atom is 0.389 e. The first kappa shape index (κ1) is 13.7. The fourth-order valence-electron chi connectivity index (χ4n) is 2.17. The Morgan fingerprint density at radius 2 is 2.11 bits per heavy atom. The number of benzene rings is 1. The lowest BCUT2D eigenvalue weighted by Crippen LogP contribution is -2.08. The molecule has 6 heteroatoms. The number of hydrogen-bond donors (Lipinski definition) is 0. The Labute approximate surface area is 108 Å². The van der Waals surface area contributed by atoms with E-state index in [-0.39, 0.29) is 12.8 Å². The van der Waals surface area contributed by atoms with Gasteiger partial charge in [0.15, 0.2) is 0 Å². The quantitative estimate of drug-likeness (QED) is 0.786. The Morgan fingerprint density at radius 3 is 2.74 bits per heavy atom. The minimum absolute atomic E-state index is 0.0844. The van der Waals surface area contributed by atoms with Crippen molar-refractivity contribution in [3.8, 4) is 5.75 Å². The molecule has 1 heterocycles. The predicted octanol–water partition coefficient (Wildman–Crippen LogP) is 3.64. The van der Waals surface area contributed by atoms with E-state index in [1.54, 1.807) is 18.2 Å². The minimum atomic E-state index is -4.19. The van der Waals surface area contributed by atoms with E-state index in [4.69, 9.17) is 9.47 Å². The van der Waals surface area contributed by atoms with E-state index in [2.05, 4.69) is 0 Å². The van der Waals surface area contributed by atoms with Crippen LogP contribution in [-0.4, -0.2) is 19.3 Å². The average Bonchev–Trinajstić information content (AvgIpc) is 2.65. The Morgan fingerprint density at radius 1 is 1.37 bits per heavy atom. The molecule has 0 aromatic heterocycles. The highest BCUT2D eigenvalue weighted by molar-refractivity contribution is 5.95. The van der Waals surface area contributed by atoms with Crippen molar-refractivity contribution in [2.45, 2.75) is 31.5 Å². The molecular formula is C13H13F3O3. The third-order valence-corrected chi connectivity index (χ3v) is 3.00. The van der Waals surface area contributed by atoms with Gasteiger partial charge < -0.3 is 9.47 Å². The van der Waals surface area contributed by atoms with Crippen molar-refractivity contribution < 1.29 is 27.4 Å². The molecule has 1 aromatic rings. The summed E-state index contributed by atoms with van der Waals surface area (Å²) in [6, 6.07) is 4.90. The lowest BCUT2D eigenvalue weighted by Gasteiger charge is -2.14. The number of methoxy groups -OCH3 is 1. The second-order valence-corrected chi connectivity index (χ2v) is 4.32. The summed E-state index contributed by atoms with van der Waals surface area (Å²) in [7, 11) is 1.45.